The summed E-state index contributed by atoms with van der Waals surface area (Å²) in [4.78, 5) is 20.5. The van der Waals surface area contributed by atoms with Gasteiger partial charge in [-0.05, 0) is 60.2 Å². The highest BCUT2D eigenvalue weighted by Gasteiger charge is 2.37. The molecule has 2 amide bonds. The molecular weight excluding hydrogens is 464 g/mol. The molecule has 0 spiro atoms. The lowest BCUT2D eigenvalue weighted by atomic mass is 9.94. The molecular formula is C26H24N4O4S. The predicted octanol–water partition coefficient (Wildman–Crippen LogP) is 5.78. The maximum absolute atomic E-state index is 13.3. The van der Waals surface area contributed by atoms with Crippen LogP contribution in [0.2, 0.25) is 0 Å². The number of nitrogens with zero attached hydrogens (tertiary/aromatic N) is 3. The minimum atomic E-state index is -0.623. The molecule has 2 aromatic heterocycles. The van der Waals surface area contributed by atoms with Gasteiger partial charge in [0, 0.05) is 5.70 Å². The summed E-state index contributed by atoms with van der Waals surface area (Å²) in [6.07, 6.45) is 0.906. The molecule has 1 aliphatic rings. The molecule has 9 heteroatoms. The Bertz CT molecular complexity index is 1390. The number of hydrogen-bond donors (Lipinski definition) is 2. The minimum Gasteiger partial charge on any atom is -0.504 e. The van der Waals surface area contributed by atoms with Gasteiger partial charge in [-0.2, -0.15) is 4.98 Å². The van der Waals surface area contributed by atoms with Gasteiger partial charge in [-0.15, -0.1) is 11.3 Å². The smallest absolute Gasteiger partial charge is 0.326 e. The monoisotopic (exact) mass is 488 g/mol. The SMILES string of the molecule is CCc1ccc(N2C(=O)NC(c3ccc(OC)c(O)c3)C(c3nc(-c4cccs4)no3)=C2C)cc1. The van der Waals surface area contributed by atoms with E-state index < -0.39 is 6.04 Å². The number of methoxy groups -OCH3 is 1. The summed E-state index contributed by atoms with van der Waals surface area (Å²) in [6, 6.07) is 15.8. The number of aromatic hydroxyl groups is 1. The molecule has 4 aromatic rings. The average molecular weight is 489 g/mol. The lowest BCUT2D eigenvalue weighted by molar-refractivity contribution is 0.244. The van der Waals surface area contributed by atoms with Crippen LogP contribution in [0, 0.1) is 0 Å². The molecule has 0 radical (unpaired) electrons. The maximum Gasteiger partial charge on any atom is 0.326 e. The number of carbonyl (C=O) groups is 1. The van der Waals surface area contributed by atoms with Crippen LogP contribution in [0.1, 0.15) is 36.9 Å². The molecule has 2 aromatic carbocycles. The topological polar surface area (TPSA) is 101 Å². The number of aryl methyl sites for hydroxylation is 1. The first-order chi connectivity index (χ1) is 17.0. The number of urea groups is 1. The normalized spacial score (nSPS) is 15.9. The van der Waals surface area contributed by atoms with Gasteiger partial charge in [0.2, 0.25) is 5.82 Å². The van der Waals surface area contributed by atoms with Gasteiger partial charge in [0.15, 0.2) is 11.5 Å². The molecule has 0 aliphatic carbocycles. The minimum absolute atomic E-state index is 0.0290. The van der Waals surface area contributed by atoms with E-state index in [2.05, 4.69) is 22.4 Å². The van der Waals surface area contributed by atoms with E-state index in [1.54, 1.807) is 23.1 Å². The number of ether oxygens (including phenoxy) is 1. The summed E-state index contributed by atoms with van der Waals surface area (Å²) in [7, 11) is 1.48. The average Bonchev–Trinajstić information content (AvgIpc) is 3.56. The lowest BCUT2D eigenvalue weighted by Crippen LogP contribution is -2.46. The molecule has 0 saturated carbocycles. The maximum atomic E-state index is 13.3. The van der Waals surface area contributed by atoms with Crippen LogP contribution >= 0.6 is 11.3 Å². The van der Waals surface area contributed by atoms with E-state index >= 15 is 0 Å². The first-order valence-electron chi connectivity index (χ1n) is 11.1. The second-order valence-corrected chi connectivity index (χ2v) is 9.02. The third kappa shape index (κ3) is 4.15. The number of nitrogens with one attached hydrogen (secondary N) is 1. The van der Waals surface area contributed by atoms with Crippen LogP contribution in [0.5, 0.6) is 11.5 Å². The van der Waals surface area contributed by atoms with Crippen LogP contribution in [0.4, 0.5) is 10.5 Å². The zero-order valence-corrected chi connectivity index (χ0v) is 20.3. The molecule has 35 heavy (non-hydrogen) atoms. The molecule has 0 saturated heterocycles. The van der Waals surface area contributed by atoms with Gasteiger partial charge >= 0.3 is 6.03 Å². The second-order valence-electron chi connectivity index (χ2n) is 8.07. The summed E-state index contributed by atoms with van der Waals surface area (Å²) >= 11 is 1.51. The summed E-state index contributed by atoms with van der Waals surface area (Å²) < 4.78 is 10.9. The van der Waals surface area contributed by atoms with Crippen LogP contribution in [0.25, 0.3) is 16.3 Å². The zero-order valence-electron chi connectivity index (χ0n) is 19.5. The highest BCUT2D eigenvalue weighted by molar-refractivity contribution is 7.13. The van der Waals surface area contributed by atoms with Crippen molar-refractivity contribution in [1.29, 1.82) is 0 Å². The summed E-state index contributed by atoms with van der Waals surface area (Å²) in [6.45, 7) is 3.94. The number of amides is 2. The molecule has 1 aliphatic heterocycles. The van der Waals surface area contributed by atoms with Crippen molar-refractivity contribution >= 4 is 28.6 Å². The molecule has 5 rings (SSSR count). The quantitative estimate of drug-likeness (QED) is 0.357. The number of phenolic OH excluding ortho intramolecular Hbond substituents is 1. The first-order valence-corrected chi connectivity index (χ1v) is 12.0. The van der Waals surface area contributed by atoms with Crippen molar-refractivity contribution < 1.29 is 19.2 Å². The third-order valence-electron chi connectivity index (χ3n) is 6.02. The van der Waals surface area contributed by atoms with Crippen LogP contribution < -0.4 is 15.0 Å². The fraction of sp³-hybridized carbons (Fsp3) is 0.192. The van der Waals surface area contributed by atoms with E-state index in [0.717, 1.165) is 17.0 Å². The predicted molar refractivity (Wildman–Crippen MR) is 134 cm³/mol. The number of carbonyl (C=O) groups excluding carboxylic acids is 1. The standard InChI is InChI=1S/C26H24N4O4S/c1-4-16-7-10-18(11-8-16)30-15(2)22(25-28-24(29-34-25)21-6-5-13-35-21)23(27-26(30)32)17-9-12-20(33-3)19(31)14-17/h5-14,23,31H,4H2,1-3H3,(H,27,32). The summed E-state index contributed by atoms with van der Waals surface area (Å²) in [5.74, 6) is 1.08. The third-order valence-corrected chi connectivity index (χ3v) is 6.89. The van der Waals surface area contributed by atoms with E-state index in [1.807, 2.05) is 48.7 Å². The Morgan fingerprint density at radius 3 is 2.66 bits per heavy atom. The van der Waals surface area contributed by atoms with Gasteiger partial charge in [-0.3, -0.25) is 4.90 Å². The van der Waals surface area contributed by atoms with Crippen LogP contribution in [-0.4, -0.2) is 28.4 Å². The molecule has 2 N–H and O–H groups in total. The van der Waals surface area contributed by atoms with E-state index in [0.29, 0.717) is 34.3 Å². The fourth-order valence-electron chi connectivity index (χ4n) is 4.19. The first kappa shape index (κ1) is 22.7. The summed E-state index contributed by atoms with van der Waals surface area (Å²) in [5, 5.41) is 19.6. The Labute approximate surface area is 206 Å². The molecule has 0 fully saturated rings. The van der Waals surface area contributed by atoms with E-state index in [1.165, 1.54) is 24.0 Å². The van der Waals surface area contributed by atoms with Gasteiger partial charge in [-0.1, -0.05) is 36.3 Å². The van der Waals surface area contributed by atoms with E-state index in [4.69, 9.17) is 9.26 Å². The van der Waals surface area contributed by atoms with Crippen LogP contribution in [-0.2, 0) is 6.42 Å². The molecule has 3 heterocycles. The Morgan fingerprint density at radius 1 is 1.20 bits per heavy atom. The molecule has 8 nitrogen and oxygen atoms in total. The Kier molecular flexibility index (Phi) is 6.00. The fourth-order valence-corrected chi connectivity index (χ4v) is 4.84. The molecule has 178 valence electrons. The van der Waals surface area contributed by atoms with E-state index in [9.17, 15) is 9.90 Å². The molecule has 1 unspecified atom stereocenters. The summed E-state index contributed by atoms with van der Waals surface area (Å²) in [5.41, 5.74) is 3.85. The van der Waals surface area contributed by atoms with Crippen molar-refractivity contribution in [2.45, 2.75) is 26.3 Å². The number of rotatable bonds is 6. The number of thiophene rings is 1. The Morgan fingerprint density at radius 2 is 2.00 bits per heavy atom. The van der Waals surface area contributed by atoms with Crippen LogP contribution in [0.15, 0.2) is 70.2 Å². The lowest BCUT2D eigenvalue weighted by Gasteiger charge is -2.35. The number of aromatic nitrogens is 2. The largest absolute Gasteiger partial charge is 0.504 e. The van der Waals surface area contributed by atoms with Gasteiger partial charge < -0.3 is 19.7 Å². The van der Waals surface area contributed by atoms with Gasteiger partial charge in [0.25, 0.3) is 5.89 Å². The van der Waals surface area contributed by atoms with Crippen molar-refractivity contribution in [2.24, 2.45) is 0 Å². The van der Waals surface area contributed by atoms with Crippen molar-refractivity contribution in [3.63, 3.8) is 0 Å². The van der Waals surface area contributed by atoms with Crippen molar-refractivity contribution in [1.82, 2.24) is 15.5 Å². The molecule has 0 bridgehead atoms. The van der Waals surface area contributed by atoms with Gasteiger partial charge in [-0.25, -0.2) is 4.79 Å². The Hall–Kier alpha value is -4.11. The van der Waals surface area contributed by atoms with Crippen LogP contribution in [0.3, 0.4) is 0 Å². The number of anilines is 1. The van der Waals surface area contributed by atoms with Gasteiger partial charge in [0.05, 0.1) is 29.3 Å². The van der Waals surface area contributed by atoms with Crippen molar-refractivity contribution in [3.8, 4) is 22.2 Å². The highest BCUT2D eigenvalue weighted by Crippen LogP contribution is 2.41. The van der Waals surface area contributed by atoms with Crippen molar-refractivity contribution in [2.75, 3.05) is 12.0 Å². The van der Waals surface area contributed by atoms with Crippen molar-refractivity contribution in [3.05, 3.63) is 82.7 Å². The number of allylic oxidation sites excluding steroid dienone is 1. The van der Waals surface area contributed by atoms with Gasteiger partial charge in [0.1, 0.15) is 0 Å². The second kappa shape index (κ2) is 9.27. The number of phenols is 1. The molecule has 1 atom stereocenters. The Balaban J connectivity index is 1.65. The highest BCUT2D eigenvalue weighted by atomic mass is 32.1. The van der Waals surface area contributed by atoms with E-state index in [-0.39, 0.29) is 11.8 Å². The number of benzene rings is 2. The number of hydrogen-bond acceptors (Lipinski definition) is 7. The zero-order chi connectivity index (χ0) is 24.5.